The lowest BCUT2D eigenvalue weighted by Crippen LogP contribution is -2.42. The zero-order valence-electron chi connectivity index (χ0n) is 16.9. The number of alkyl halides is 2. The molecule has 0 aliphatic carbocycles. The van der Waals surface area contributed by atoms with Crippen molar-refractivity contribution in [1.82, 2.24) is 19.9 Å². The molecule has 1 amide bonds. The Morgan fingerprint density at radius 1 is 1.27 bits per heavy atom. The van der Waals surface area contributed by atoms with Gasteiger partial charge in [0.05, 0.1) is 18.3 Å². The van der Waals surface area contributed by atoms with E-state index in [4.69, 9.17) is 4.42 Å². The number of nitrogens with one attached hydrogen (secondary N) is 1. The largest absolute Gasteiger partial charge is 0.441 e. The van der Waals surface area contributed by atoms with Crippen molar-refractivity contribution in [3.05, 3.63) is 36.5 Å². The molecule has 0 spiro atoms. The van der Waals surface area contributed by atoms with E-state index < -0.39 is 5.92 Å². The first-order chi connectivity index (χ1) is 14.3. The van der Waals surface area contributed by atoms with Crippen LogP contribution in [0.4, 0.5) is 14.7 Å². The molecule has 1 fully saturated rings. The molecule has 1 aliphatic rings. The number of likely N-dealkylation sites (tertiary alicyclic amines) is 1. The molecular formula is C21H23F2N5O2. The minimum atomic E-state index is -2.72. The number of carbonyl (C=O) groups excluding carboxylic acids is 1. The Labute approximate surface area is 172 Å². The van der Waals surface area contributed by atoms with Crippen LogP contribution in [0.25, 0.3) is 22.2 Å². The number of benzene rings is 1. The molecule has 1 aromatic carbocycles. The van der Waals surface area contributed by atoms with Crippen LogP contribution in [-0.4, -0.2) is 51.3 Å². The van der Waals surface area contributed by atoms with E-state index >= 15 is 0 Å². The van der Waals surface area contributed by atoms with Gasteiger partial charge in [0.25, 0.3) is 5.92 Å². The number of amides is 1. The summed E-state index contributed by atoms with van der Waals surface area (Å²) < 4.78 is 31.9. The third-order valence-electron chi connectivity index (χ3n) is 5.18. The van der Waals surface area contributed by atoms with Gasteiger partial charge < -0.3 is 4.42 Å². The highest BCUT2D eigenvalue weighted by atomic mass is 19.3. The molecule has 30 heavy (non-hydrogen) atoms. The first-order valence-corrected chi connectivity index (χ1v) is 9.87. The lowest BCUT2D eigenvalue weighted by atomic mass is 9.96. The Kier molecular flexibility index (Phi) is 5.46. The van der Waals surface area contributed by atoms with Crippen LogP contribution in [0.2, 0.25) is 0 Å². The van der Waals surface area contributed by atoms with Crippen molar-refractivity contribution in [1.29, 1.82) is 0 Å². The summed E-state index contributed by atoms with van der Waals surface area (Å²) in [5.74, 6) is -1.70. The van der Waals surface area contributed by atoms with Crippen LogP contribution < -0.4 is 5.32 Å². The van der Waals surface area contributed by atoms with E-state index in [9.17, 15) is 13.6 Å². The maximum atomic E-state index is 13.2. The van der Waals surface area contributed by atoms with E-state index in [1.54, 1.807) is 24.2 Å². The first kappa shape index (κ1) is 20.3. The Morgan fingerprint density at radius 2 is 2.03 bits per heavy atom. The van der Waals surface area contributed by atoms with E-state index in [0.29, 0.717) is 43.1 Å². The number of piperidine rings is 1. The molecule has 3 aromatic rings. The number of nitrogens with zero attached hydrogens (tertiary/aromatic N) is 4. The Hall–Kier alpha value is -2.94. The molecule has 9 heteroatoms. The summed E-state index contributed by atoms with van der Waals surface area (Å²) >= 11 is 0. The Bertz CT molecular complexity index is 1050. The number of rotatable bonds is 5. The highest BCUT2D eigenvalue weighted by molar-refractivity contribution is 5.92. The first-order valence-electron chi connectivity index (χ1n) is 9.87. The maximum absolute atomic E-state index is 13.2. The minimum Gasteiger partial charge on any atom is -0.441 e. The smallest absolute Gasteiger partial charge is 0.257 e. The summed E-state index contributed by atoms with van der Waals surface area (Å²) in [5, 5.41) is 3.60. The highest BCUT2D eigenvalue weighted by Gasteiger charge is 2.30. The lowest BCUT2D eigenvalue weighted by molar-refractivity contribution is -0.121. The molecule has 0 unspecified atom stereocenters. The summed E-state index contributed by atoms with van der Waals surface area (Å²) in [6.07, 6.45) is 4.37. The van der Waals surface area contributed by atoms with Crippen molar-refractivity contribution in [2.24, 2.45) is 5.92 Å². The van der Waals surface area contributed by atoms with Gasteiger partial charge in [-0.25, -0.2) is 23.7 Å². The van der Waals surface area contributed by atoms with Gasteiger partial charge in [0, 0.05) is 36.9 Å². The van der Waals surface area contributed by atoms with Crippen LogP contribution >= 0.6 is 0 Å². The number of anilines is 1. The number of oxazole rings is 1. The normalized spacial score (nSPS) is 16.1. The number of halogens is 2. The molecule has 0 radical (unpaired) electrons. The van der Waals surface area contributed by atoms with Crippen LogP contribution in [0.5, 0.6) is 0 Å². The Morgan fingerprint density at radius 3 is 2.70 bits per heavy atom. The number of hydrogen-bond donors (Lipinski definition) is 1. The fourth-order valence-electron chi connectivity index (χ4n) is 3.69. The summed E-state index contributed by atoms with van der Waals surface area (Å²) in [4.78, 5) is 27.1. The third-order valence-corrected chi connectivity index (χ3v) is 5.18. The Balaban J connectivity index is 1.43. The molecule has 0 saturated carbocycles. The molecular weight excluding hydrogens is 392 g/mol. The average molecular weight is 415 g/mol. The van der Waals surface area contributed by atoms with Crippen molar-refractivity contribution in [3.63, 3.8) is 0 Å². The standard InChI is InChI=1S/C21H23F2N5O2/c1-13-24-11-18(30-13)15-3-4-16-10-25-20(26-17(16)9-15)27-19(29)14-5-7-28(8-6-14)12-21(2,22)23/h3-4,9-11,14H,5-8,12H2,1-2H3,(H,25,26,27,29). The number of aromatic nitrogens is 3. The summed E-state index contributed by atoms with van der Waals surface area (Å²) in [6.45, 7) is 3.36. The maximum Gasteiger partial charge on any atom is 0.257 e. The predicted octanol–water partition coefficient (Wildman–Crippen LogP) is 3.90. The van der Waals surface area contributed by atoms with Gasteiger partial charge >= 0.3 is 0 Å². The quantitative estimate of drug-likeness (QED) is 0.680. The van der Waals surface area contributed by atoms with Crippen LogP contribution in [0, 0.1) is 12.8 Å². The molecule has 7 nitrogen and oxygen atoms in total. The molecule has 3 heterocycles. The molecule has 1 saturated heterocycles. The van der Waals surface area contributed by atoms with Crippen LogP contribution in [0.15, 0.2) is 35.0 Å². The fraction of sp³-hybridized carbons (Fsp3) is 0.429. The van der Waals surface area contributed by atoms with Crippen molar-refractivity contribution >= 4 is 22.8 Å². The zero-order chi connectivity index (χ0) is 21.3. The summed E-state index contributed by atoms with van der Waals surface area (Å²) in [7, 11) is 0. The molecule has 0 atom stereocenters. The molecule has 1 N–H and O–H groups in total. The zero-order valence-corrected chi connectivity index (χ0v) is 16.9. The van der Waals surface area contributed by atoms with Gasteiger partial charge in [-0.05, 0) is 32.0 Å². The topological polar surface area (TPSA) is 84.2 Å². The fourth-order valence-corrected chi connectivity index (χ4v) is 3.69. The highest BCUT2D eigenvalue weighted by Crippen LogP contribution is 2.25. The van der Waals surface area contributed by atoms with E-state index in [1.165, 1.54) is 0 Å². The van der Waals surface area contributed by atoms with Gasteiger partial charge in [0.15, 0.2) is 11.7 Å². The predicted molar refractivity (Wildman–Crippen MR) is 108 cm³/mol. The second-order valence-electron chi connectivity index (χ2n) is 7.82. The van der Waals surface area contributed by atoms with Crippen LogP contribution in [0.1, 0.15) is 25.7 Å². The molecule has 1 aliphatic heterocycles. The van der Waals surface area contributed by atoms with Gasteiger partial charge in [-0.3, -0.25) is 15.0 Å². The summed E-state index contributed by atoms with van der Waals surface area (Å²) in [5.41, 5.74) is 1.51. The molecule has 0 bridgehead atoms. The summed E-state index contributed by atoms with van der Waals surface area (Å²) in [6, 6.07) is 5.64. The van der Waals surface area contributed by atoms with E-state index in [0.717, 1.165) is 17.9 Å². The van der Waals surface area contributed by atoms with E-state index in [2.05, 4.69) is 20.3 Å². The average Bonchev–Trinajstić information content (AvgIpc) is 3.13. The second kappa shape index (κ2) is 8.06. The van der Waals surface area contributed by atoms with Gasteiger partial charge in [0.2, 0.25) is 11.9 Å². The van der Waals surface area contributed by atoms with Gasteiger partial charge in [0.1, 0.15) is 0 Å². The number of aryl methyl sites for hydroxylation is 1. The van der Waals surface area contributed by atoms with Crippen molar-refractivity contribution in [2.45, 2.75) is 32.6 Å². The van der Waals surface area contributed by atoms with Gasteiger partial charge in [-0.15, -0.1) is 0 Å². The number of hydrogen-bond acceptors (Lipinski definition) is 6. The van der Waals surface area contributed by atoms with E-state index in [1.807, 2.05) is 18.2 Å². The SMILES string of the molecule is Cc1ncc(-c2ccc3cnc(NC(=O)C4CCN(CC(C)(F)F)CC4)nc3c2)o1. The minimum absolute atomic E-state index is 0.181. The molecule has 158 valence electrons. The molecule has 4 rings (SSSR count). The third kappa shape index (κ3) is 4.79. The monoisotopic (exact) mass is 415 g/mol. The number of carbonyl (C=O) groups is 1. The van der Waals surface area contributed by atoms with Crippen molar-refractivity contribution in [2.75, 3.05) is 25.0 Å². The van der Waals surface area contributed by atoms with Crippen molar-refractivity contribution in [3.8, 4) is 11.3 Å². The second-order valence-corrected chi connectivity index (χ2v) is 7.82. The number of fused-ring (bicyclic) bond motifs is 1. The van der Waals surface area contributed by atoms with Crippen LogP contribution in [0.3, 0.4) is 0 Å². The van der Waals surface area contributed by atoms with E-state index in [-0.39, 0.29) is 24.3 Å². The van der Waals surface area contributed by atoms with Gasteiger partial charge in [-0.2, -0.15) is 0 Å². The van der Waals surface area contributed by atoms with Crippen molar-refractivity contribution < 1.29 is 18.0 Å². The molecule has 2 aromatic heterocycles. The van der Waals surface area contributed by atoms with Crippen LogP contribution in [-0.2, 0) is 4.79 Å². The van der Waals surface area contributed by atoms with Gasteiger partial charge in [-0.1, -0.05) is 12.1 Å². The lowest BCUT2D eigenvalue weighted by Gasteiger charge is -2.32.